The van der Waals surface area contributed by atoms with Crippen LogP contribution in [0.2, 0.25) is 0 Å². The molecule has 0 saturated carbocycles. The summed E-state index contributed by atoms with van der Waals surface area (Å²) in [6.07, 6.45) is 4.50. The lowest BCUT2D eigenvalue weighted by molar-refractivity contribution is -0.124. The van der Waals surface area contributed by atoms with Gasteiger partial charge >= 0.3 is 6.03 Å². The zero-order valence-corrected chi connectivity index (χ0v) is 11.6. The molecule has 0 unspecified atom stereocenters. The van der Waals surface area contributed by atoms with Crippen molar-refractivity contribution < 1.29 is 9.59 Å². The van der Waals surface area contributed by atoms with Crippen LogP contribution in [0.15, 0.2) is 16.9 Å². The van der Waals surface area contributed by atoms with Crippen molar-refractivity contribution in [3.05, 3.63) is 16.9 Å². The summed E-state index contributed by atoms with van der Waals surface area (Å²) in [4.78, 5) is 33.5. The van der Waals surface area contributed by atoms with Gasteiger partial charge in [0.25, 0.3) is 5.91 Å². The zero-order valence-electron chi connectivity index (χ0n) is 10.0. The fourth-order valence-electron chi connectivity index (χ4n) is 2.44. The van der Waals surface area contributed by atoms with Crippen molar-refractivity contribution in [2.45, 2.75) is 18.4 Å². The molecular formula is C11H12BrN5O2. The highest BCUT2D eigenvalue weighted by atomic mass is 79.9. The van der Waals surface area contributed by atoms with Crippen LogP contribution in [-0.4, -0.2) is 40.5 Å². The first kappa shape index (κ1) is 12.3. The standard InChI is InChI=1S/C11H12BrN5O2/c12-7-5-13-9(14-6-7)17-3-1-11(2-4-17)8(18)15-10(19)16-11/h5-6H,1-4H2,(H2,15,16,18,19). The summed E-state index contributed by atoms with van der Waals surface area (Å²) in [6, 6.07) is -0.404. The number of aromatic nitrogens is 2. The number of hydrogen-bond donors (Lipinski definition) is 2. The highest BCUT2D eigenvalue weighted by Crippen LogP contribution is 2.27. The second-order valence-electron chi connectivity index (χ2n) is 4.68. The second-order valence-corrected chi connectivity index (χ2v) is 5.59. The summed E-state index contributed by atoms with van der Waals surface area (Å²) in [5.41, 5.74) is -0.747. The normalized spacial score (nSPS) is 21.4. The van der Waals surface area contributed by atoms with Gasteiger partial charge in [0, 0.05) is 25.5 Å². The number of nitrogens with zero attached hydrogens (tertiary/aromatic N) is 3. The number of urea groups is 1. The monoisotopic (exact) mass is 325 g/mol. The first-order chi connectivity index (χ1) is 9.09. The summed E-state index contributed by atoms with van der Waals surface area (Å²) in [7, 11) is 0. The lowest BCUT2D eigenvalue weighted by Crippen LogP contribution is -2.55. The highest BCUT2D eigenvalue weighted by molar-refractivity contribution is 9.10. The third-order valence-electron chi connectivity index (χ3n) is 3.52. The Hall–Kier alpha value is -1.70. The summed E-state index contributed by atoms with van der Waals surface area (Å²) in [5.74, 6) is 0.414. The SMILES string of the molecule is O=C1NC(=O)C2(CCN(c3ncc(Br)cn3)CC2)N1. The van der Waals surface area contributed by atoms with E-state index in [1.165, 1.54) is 0 Å². The minimum Gasteiger partial charge on any atom is -0.341 e. The van der Waals surface area contributed by atoms with Crippen LogP contribution in [0, 0.1) is 0 Å². The van der Waals surface area contributed by atoms with Crippen LogP contribution in [0.25, 0.3) is 0 Å². The predicted molar refractivity (Wildman–Crippen MR) is 70.6 cm³/mol. The fraction of sp³-hybridized carbons (Fsp3) is 0.455. The van der Waals surface area contributed by atoms with E-state index < -0.39 is 11.6 Å². The van der Waals surface area contributed by atoms with Gasteiger partial charge in [-0.3, -0.25) is 10.1 Å². The summed E-state index contributed by atoms with van der Waals surface area (Å²) in [5, 5.41) is 5.02. The molecule has 0 atom stereocenters. The number of imide groups is 1. The lowest BCUT2D eigenvalue weighted by Gasteiger charge is -2.36. The number of carbonyl (C=O) groups is 2. The van der Waals surface area contributed by atoms with Gasteiger partial charge in [0.15, 0.2) is 0 Å². The molecule has 3 rings (SSSR count). The van der Waals surface area contributed by atoms with Crippen molar-refractivity contribution in [1.29, 1.82) is 0 Å². The summed E-state index contributed by atoms with van der Waals surface area (Å²) in [6.45, 7) is 1.27. The first-order valence-electron chi connectivity index (χ1n) is 5.95. The maximum atomic E-state index is 11.8. The van der Waals surface area contributed by atoms with Crippen LogP contribution in [0.3, 0.4) is 0 Å². The van der Waals surface area contributed by atoms with E-state index in [-0.39, 0.29) is 5.91 Å². The van der Waals surface area contributed by atoms with Gasteiger partial charge in [-0.2, -0.15) is 0 Å². The number of piperidine rings is 1. The van der Waals surface area contributed by atoms with Gasteiger partial charge in [0.2, 0.25) is 5.95 Å². The Morgan fingerprint density at radius 1 is 1.21 bits per heavy atom. The molecule has 2 aliphatic heterocycles. The van der Waals surface area contributed by atoms with E-state index in [1.54, 1.807) is 12.4 Å². The summed E-state index contributed by atoms with van der Waals surface area (Å²) >= 11 is 3.29. The molecule has 3 heterocycles. The Morgan fingerprint density at radius 3 is 2.37 bits per heavy atom. The highest BCUT2D eigenvalue weighted by Gasteiger charge is 2.48. The smallest absolute Gasteiger partial charge is 0.322 e. The minimum atomic E-state index is -0.747. The van der Waals surface area contributed by atoms with E-state index in [4.69, 9.17) is 0 Å². The van der Waals surface area contributed by atoms with Gasteiger partial charge in [-0.05, 0) is 28.8 Å². The van der Waals surface area contributed by atoms with Crippen LogP contribution < -0.4 is 15.5 Å². The maximum Gasteiger partial charge on any atom is 0.322 e. The number of hydrogen-bond acceptors (Lipinski definition) is 5. The van der Waals surface area contributed by atoms with E-state index in [1.807, 2.05) is 4.90 Å². The number of nitrogens with one attached hydrogen (secondary N) is 2. The molecule has 3 amide bonds. The van der Waals surface area contributed by atoms with Gasteiger partial charge in [-0.1, -0.05) is 0 Å². The van der Waals surface area contributed by atoms with Crippen LogP contribution in [0.4, 0.5) is 10.7 Å². The number of halogens is 1. The average Bonchev–Trinajstić information content (AvgIpc) is 2.66. The molecule has 2 N–H and O–H groups in total. The predicted octanol–water partition coefficient (Wildman–Crippen LogP) is 0.417. The number of rotatable bonds is 1. The third-order valence-corrected chi connectivity index (χ3v) is 3.93. The van der Waals surface area contributed by atoms with E-state index >= 15 is 0 Å². The average molecular weight is 326 g/mol. The molecule has 19 heavy (non-hydrogen) atoms. The Morgan fingerprint density at radius 2 is 1.84 bits per heavy atom. The largest absolute Gasteiger partial charge is 0.341 e. The van der Waals surface area contributed by atoms with Crippen molar-refractivity contribution in [1.82, 2.24) is 20.6 Å². The zero-order chi connectivity index (χ0) is 13.5. The molecule has 0 aromatic carbocycles. The van der Waals surface area contributed by atoms with Crippen molar-refractivity contribution in [2.24, 2.45) is 0 Å². The van der Waals surface area contributed by atoms with Gasteiger partial charge in [-0.15, -0.1) is 0 Å². The Kier molecular flexibility index (Phi) is 2.89. The number of amides is 3. The van der Waals surface area contributed by atoms with Crippen molar-refractivity contribution in [2.75, 3.05) is 18.0 Å². The maximum absolute atomic E-state index is 11.8. The van der Waals surface area contributed by atoms with Crippen LogP contribution in [0.1, 0.15) is 12.8 Å². The van der Waals surface area contributed by atoms with E-state index in [0.717, 1.165) is 4.47 Å². The van der Waals surface area contributed by atoms with Crippen LogP contribution >= 0.6 is 15.9 Å². The van der Waals surface area contributed by atoms with E-state index in [2.05, 4.69) is 36.5 Å². The Labute approximate surface area is 117 Å². The van der Waals surface area contributed by atoms with E-state index in [9.17, 15) is 9.59 Å². The molecule has 0 bridgehead atoms. The van der Waals surface area contributed by atoms with Gasteiger partial charge < -0.3 is 10.2 Å². The van der Waals surface area contributed by atoms with Crippen molar-refractivity contribution in [3.8, 4) is 0 Å². The second kappa shape index (κ2) is 4.44. The van der Waals surface area contributed by atoms with Gasteiger partial charge in [0.1, 0.15) is 5.54 Å². The van der Waals surface area contributed by atoms with Gasteiger partial charge in [-0.25, -0.2) is 14.8 Å². The molecular weight excluding hydrogens is 314 g/mol. The minimum absolute atomic E-state index is 0.228. The van der Waals surface area contributed by atoms with Crippen LogP contribution in [0.5, 0.6) is 0 Å². The number of anilines is 1. The fourth-order valence-corrected chi connectivity index (χ4v) is 2.64. The third kappa shape index (κ3) is 2.16. The molecule has 1 aromatic heterocycles. The molecule has 0 aliphatic carbocycles. The number of carbonyl (C=O) groups excluding carboxylic acids is 2. The molecule has 0 radical (unpaired) electrons. The van der Waals surface area contributed by atoms with Crippen LogP contribution in [-0.2, 0) is 4.79 Å². The lowest BCUT2D eigenvalue weighted by atomic mass is 9.88. The molecule has 2 saturated heterocycles. The van der Waals surface area contributed by atoms with Crippen molar-refractivity contribution in [3.63, 3.8) is 0 Å². The summed E-state index contributed by atoms with van der Waals surface area (Å²) < 4.78 is 0.826. The quantitative estimate of drug-likeness (QED) is 0.730. The topological polar surface area (TPSA) is 87.2 Å². The van der Waals surface area contributed by atoms with E-state index in [0.29, 0.717) is 31.9 Å². The molecule has 7 nitrogen and oxygen atoms in total. The molecule has 1 spiro atoms. The first-order valence-corrected chi connectivity index (χ1v) is 6.74. The molecule has 2 aliphatic rings. The Balaban J connectivity index is 1.71. The van der Waals surface area contributed by atoms with Crippen molar-refractivity contribution >= 4 is 33.8 Å². The molecule has 8 heteroatoms. The van der Waals surface area contributed by atoms with Gasteiger partial charge in [0.05, 0.1) is 4.47 Å². The molecule has 100 valence electrons. The Bertz CT molecular complexity index is 524. The molecule has 1 aromatic rings. The molecule has 2 fully saturated rings.